The van der Waals surface area contributed by atoms with Crippen LogP contribution in [0, 0.1) is 5.92 Å². The molecule has 1 unspecified atom stereocenters. The monoisotopic (exact) mass is 218 g/mol. The van der Waals surface area contributed by atoms with Crippen LogP contribution in [0.15, 0.2) is 24.3 Å². The van der Waals surface area contributed by atoms with Crippen molar-refractivity contribution >= 4 is 5.78 Å². The minimum Gasteiger partial charge on any atom is -0.381 e. The molecule has 1 aliphatic rings. The van der Waals surface area contributed by atoms with Crippen molar-refractivity contribution in [2.45, 2.75) is 26.2 Å². The average Bonchev–Trinajstić information content (AvgIpc) is 2.30. The molecule has 1 aliphatic heterocycles. The predicted molar refractivity (Wildman–Crippen MR) is 63.7 cm³/mol. The maximum atomic E-state index is 11.3. The van der Waals surface area contributed by atoms with Gasteiger partial charge in [-0.2, -0.15) is 0 Å². The number of Topliss-reactive ketones (excluding diaryl/α,β-unsaturated/α-hetero) is 1. The van der Waals surface area contributed by atoms with Gasteiger partial charge in [-0.25, -0.2) is 0 Å². The Hall–Kier alpha value is -1.15. The lowest BCUT2D eigenvalue weighted by atomic mass is 9.93. The molecule has 0 radical (unpaired) electrons. The summed E-state index contributed by atoms with van der Waals surface area (Å²) in [7, 11) is 0. The third kappa shape index (κ3) is 2.92. The van der Waals surface area contributed by atoms with Crippen molar-refractivity contribution in [2.75, 3.05) is 13.2 Å². The van der Waals surface area contributed by atoms with Crippen molar-refractivity contribution in [1.29, 1.82) is 0 Å². The van der Waals surface area contributed by atoms with Crippen LogP contribution in [0.4, 0.5) is 0 Å². The summed E-state index contributed by atoms with van der Waals surface area (Å²) in [5.74, 6) is 0.762. The normalized spacial score (nSPS) is 20.7. The highest BCUT2D eigenvalue weighted by molar-refractivity contribution is 5.94. The molecule has 1 heterocycles. The molecule has 0 amide bonds. The van der Waals surface area contributed by atoms with Crippen molar-refractivity contribution in [3.8, 4) is 0 Å². The van der Waals surface area contributed by atoms with Gasteiger partial charge in [0.15, 0.2) is 5.78 Å². The third-order valence-corrected chi connectivity index (χ3v) is 3.11. The molecule has 1 aromatic rings. The lowest BCUT2D eigenvalue weighted by Gasteiger charge is -2.22. The first-order valence-electron chi connectivity index (χ1n) is 5.93. The highest BCUT2D eigenvalue weighted by Gasteiger charge is 2.14. The molecule has 2 heteroatoms. The number of carbonyl (C=O) groups is 1. The fourth-order valence-corrected chi connectivity index (χ4v) is 2.22. The minimum absolute atomic E-state index is 0.141. The van der Waals surface area contributed by atoms with Crippen LogP contribution >= 0.6 is 0 Å². The Kier molecular flexibility index (Phi) is 3.73. The molecule has 16 heavy (non-hydrogen) atoms. The van der Waals surface area contributed by atoms with Gasteiger partial charge in [-0.05, 0) is 43.7 Å². The summed E-state index contributed by atoms with van der Waals surface area (Å²) >= 11 is 0. The van der Waals surface area contributed by atoms with Crippen LogP contribution in [0.3, 0.4) is 0 Å². The molecule has 2 rings (SSSR count). The van der Waals surface area contributed by atoms with E-state index in [0.29, 0.717) is 5.92 Å². The summed E-state index contributed by atoms with van der Waals surface area (Å²) in [6.45, 7) is 3.39. The van der Waals surface area contributed by atoms with Gasteiger partial charge >= 0.3 is 0 Å². The Bertz CT molecular complexity index is 365. The van der Waals surface area contributed by atoms with Gasteiger partial charge in [0.1, 0.15) is 0 Å². The summed E-state index contributed by atoms with van der Waals surface area (Å²) < 4.78 is 5.47. The van der Waals surface area contributed by atoms with Crippen LogP contribution in [0.2, 0.25) is 0 Å². The largest absolute Gasteiger partial charge is 0.381 e. The lowest BCUT2D eigenvalue weighted by Crippen LogP contribution is -2.19. The number of rotatable bonds is 3. The fraction of sp³-hybridized carbons (Fsp3) is 0.500. The van der Waals surface area contributed by atoms with E-state index in [1.165, 1.54) is 12.0 Å². The van der Waals surface area contributed by atoms with Gasteiger partial charge in [-0.1, -0.05) is 18.2 Å². The van der Waals surface area contributed by atoms with Crippen molar-refractivity contribution < 1.29 is 9.53 Å². The fourth-order valence-electron chi connectivity index (χ4n) is 2.22. The molecule has 0 aliphatic carbocycles. The molecule has 0 saturated carbocycles. The molecule has 1 fully saturated rings. The van der Waals surface area contributed by atoms with E-state index in [4.69, 9.17) is 4.74 Å². The molecular formula is C14H18O2. The van der Waals surface area contributed by atoms with E-state index in [-0.39, 0.29) is 5.78 Å². The van der Waals surface area contributed by atoms with Crippen molar-refractivity contribution in [1.82, 2.24) is 0 Å². The summed E-state index contributed by atoms with van der Waals surface area (Å²) in [6.07, 6.45) is 3.43. The third-order valence-electron chi connectivity index (χ3n) is 3.11. The lowest BCUT2D eigenvalue weighted by molar-refractivity contribution is 0.0550. The molecule has 0 aromatic heterocycles. The van der Waals surface area contributed by atoms with Gasteiger partial charge < -0.3 is 4.74 Å². The first-order valence-corrected chi connectivity index (χ1v) is 5.93. The van der Waals surface area contributed by atoms with Gasteiger partial charge in [0.05, 0.1) is 0 Å². The zero-order valence-corrected chi connectivity index (χ0v) is 9.74. The Morgan fingerprint density at radius 3 is 3.06 bits per heavy atom. The van der Waals surface area contributed by atoms with Gasteiger partial charge in [-0.3, -0.25) is 4.79 Å². The second kappa shape index (κ2) is 5.26. The first kappa shape index (κ1) is 11.3. The van der Waals surface area contributed by atoms with Crippen molar-refractivity contribution in [3.05, 3.63) is 35.4 Å². The molecule has 0 bridgehead atoms. The molecule has 0 N–H and O–H groups in total. The molecule has 0 spiro atoms. The number of hydrogen-bond donors (Lipinski definition) is 0. The Morgan fingerprint density at radius 1 is 1.50 bits per heavy atom. The van der Waals surface area contributed by atoms with Crippen LogP contribution in [-0.2, 0) is 11.2 Å². The van der Waals surface area contributed by atoms with Gasteiger partial charge in [0, 0.05) is 18.8 Å². The van der Waals surface area contributed by atoms with E-state index in [2.05, 4.69) is 6.07 Å². The Balaban J connectivity index is 2.02. The van der Waals surface area contributed by atoms with E-state index >= 15 is 0 Å². The minimum atomic E-state index is 0.141. The van der Waals surface area contributed by atoms with Crippen LogP contribution in [-0.4, -0.2) is 19.0 Å². The SMILES string of the molecule is CC(=O)c1cccc(CC2CCCOC2)c1. The van der Waals surface area contributed by atoms with Crippen molar-refractivity contribution in [2.24, 2.45) is 5.92 Å². The van der Waals surface area contributed by atoms with Crippen LogP contribution in [0.25, 0.3) is 0 Å². The summed E-state index contributed by atoms with van der Waals surface area (Å²) in [5, 5.41) is 0. The van der Waals surface area contributed by atoms with Gasteiger partial charge in [-0.15, -0.1) is 0 Å². The topological polar surface area (TPSA) is 26.3 Å². The van der Waals surface area contributed by atoms with E-state index in [1.54, 1.807) is 6.92 Å². The number of ether oxygens (including phenoxy) is 1. The van der Waals surface area contributed by atoms with Crippen LogP contribution in [0.5, 0.6) is 0 Å². The average molecular weight is 218 g/mol. The number of hydrogen-bond acceptors (Lipinski definition) is 2. The van der Waals surface area contributed by atoms with E-state index in [9.17, 15) is 4.79 Å². The van der Waals surface area contributed by atoms with Crippen LogP contribution < -0.4 is 0 Å². The first-order chi connectivity index (χ1) is 7.75. The smallest absolute Gasteiger partial charge is 0.159 e. The standard InChI is InChI=1S/C14H18O2/c1-11(15)14-6-2-4-12(9-14)8-13-5-3-7-16-10-13/h2,4,6,9,13H,3,5,7-8,10H2,1H3. The molecule has 1 aromatic carbocycles. The molecule has 86 valence electrons. The highest BCUT2D eigenvalue weighted by Crippen LogP contribution is 2.19. The quantitative estimate of drug-likeness (QED) is 0.729. The van der Waals surface area contributed by atoms with Gasteiger partial charge in [0.2, 0.25) is 0 Å². The number of benzene rings is 1. The Morgan fingerprint density at radius 2 is 2.38 bits per heavy atom. The number of carbonyl (C=O) groups excluding carboxylic acids is 1. The summed E-state index contributed by atoms with van der Waals surface area (Å²) in [4.78, 5) is 11.3. The number of ketones is 1. The zero-order valence-electron chi connectivity index (χ0n) is 9.74. The van der Waals surface area contributed by atoms with Crippen LogP contribution in [0.1, 0.15) is 35.7 Å². The van der Waals surface area contributed by atoms with E-state index < -0.39 is 0 Å². The predicted octanol–water partition coefficient (Wildman–Crippen LogP) is 2.86. The maximum absolute atomic E-state index is 11.3. The maximum Gasteiger partial charge on any atom is 0.159 e. The second-order valence-corrected chi connectivity index (χ2v) is 4.54. The van der Waals surface area contributed by atoms with E-state index in [0.717, 1.165) is 31.6 Å². The van der Waals surface area contributed by atoms with Crippen molar-refractivity contribution in [3.63, 3.8) is 0 Å². The van der Waals surface area contributed by atoms with E-state index in [1.807, 2.05) is 18.2 Å². The molecular weight excluding hydrogens is 200 g/mol. The highest BCUT2D eigenvalue weighted by atomic mass is 16.5. The molecule has 2 nitrogen and oxygen atoms in total. The second-order valence-electron chi connectivity index (χ2n) is 4.54. The van der Waals surface area contributed by atoms with Gasteiger partial charge in [0.25, 0.3) is 0 Å². The summed E-state index contributed by atoms with van der Waals surface area (Å²) in [5.41, 5.74) is 2.07. The Labute approximate surface area is 96.6 Å². The molecule has 1 saturated heterocycles. The zero-order chi connectivity index (χ0) is 11.4. The molecule has 1 atom stereocenters. The summed E-state index contributed by atoms with van der Waals surface area (Å²) in [6, 6.07) is 7.96.